The third kappa shape index (κ3) is 4.16. The summed E-state index contributed by atoms with van der Waals surface area (Å²) in [5, 5.41) is 0. The van der Waals surface area contributed by atoms with E-state index in [1.807, 2.05) is 19.4 Å². The standard InChI is InChI=1S/C7H12N2.C3H8/c1-3-4-7-8-5-6-9(7)2;1-3-2/h5-6H,3-4H2,1-2H3;3H2,1-2H3. The van der Waals surface area contributed by atoms with Crippen molar-refractivity contribution in [2.75, 3.05) is 0 Å². The highest BCUT2D eigenvalue weighted by Crippen LogP contribution is 1.96. The number of hydrogen-bond acceptors (Lipinski definition) is 1. The fourth-order valence-electron chi connectivity index (χ4n) is 0.861. The van der Waals surface area contributed by atoms with E-state index in [-0.39, 0.29) is 0 Å². The number of hydrogen-bond donors (Lipinski definition) is 0. The van der Waals surface area contributed by atoms with Crippen LogP contribution in [0.25, 0.3) is 0 Å². The van der Waals surface area contributed by atoms with Crippen LogP contribution in [0.5, 0.6) is 0 Å². The van der Waals surface area contributed by atoms with E-state index in [9.17, 15) is 0 Å². The Hall–Kier alpha value is -0.790. The quantitative estimate of drug-likeness (QED) is 0.664. The highest BCUT2D eigenvalue weighted by Gasteiger charge is 1.93. The number of imidazole rings is 1. The minimum Gasteiger partial charge on any atom is -0.338 e. The average molecular weight is 168 g/mol. The zero-order valence-electron chi connectivity index (χ0n) is 8.67. The fourth-order valence-corrected chi connectivity index (χ4v) is 0.861. The number of aryl methyl sites for hydroxylation is 2. The molecule has 0 fully saturated rings. The number of aromatic nitrogens is 2. The highest BCUT2D eigenvalue weighted by molar-refractivity contribution is 4.90. The second-order valence-electron chi connectivity index (χ2n) is 2.91. The Morgan fingerprint density at radius 2 is 1.92 bits per heavy atom. The molecule has 0 N–H and O–H groups in total. The highest BCUT2D eigenvalue weighted by atomic mass is 15.0. The second kappa shape index (κ2) is 6.89. The van der Waals surface area contributed by atoms with Crippen molar-refractivity contribution in [1.29, 1.82) is 0 Å². The second-order valence-corrected chi connectivity index (χ2v) is 2.91. The van der Waals surface area contributed by atoms with Crippen LogP contribution in [0.15, 0.2) is 12.4 Å². The summed E-state index contributed by atoms with van der Waals surface area (Å²) in [5.74, 6) is 1.18. The lowest BCUT2D eigenvalue weighted by atomic mass is 10.3. The molecule has 0 saturated heterocycles. The molecule has 12 heavy (non-hydrogen) atoms. The molecule has 0 aliphatic rings. The Morgan fingerprint density at radius 1 is 1.33 bits per heavy atom. The molecule has 0 unspecified atom stereocenters. The van der Waals surface area contributed by atoms with Crippen LogP contribution in [0.4, 0.5) is 0 Å². The van der Waals surface area contributed by atoms with Gasteiger partial charge in [0.25, 0.3) is 0 Å². The van der Waals surface area contributed by atoms with Gasteiger partial charge in [-0.25, -0.2) is 4.98 Å². The Labute approximate surface area is 75.6 Å². The minimum atomic E-state index is 1.09. The first-order chi connectivity index (χ1) is 5.76. The maximum atomic E-state index is 4.17. The molecular weight excluding hydrogens is 148 g/mol. The SMILES string of the molecule is CCC.CCCc1nccn1C. The van der Waals surface area contributed by atoms with Gasteiger partial charge in [-0.3, -0.25) is 0 Å². The summed E-state index contributed by atoms with van der Waals surface area (Å²) in [6.45, 7) is 6.41. The first kappa shape index (κ1) is 11.2. The molecule has 1 aromatic rings. The number of rotatable bonds is 2. The van der Waals surface area contributed by atoms with Gasteiger partial charge in [-0.2, -0.15) is 0 Å². The normalized spacial score (nSPS) is 9.00. The summed E-state index contributed by atoms with van der Waals surface area (Å²) < 4.78 is 2.06. The van der Waals surface area contributed by atoms with Gasteiger partial charge in [0.05, 0.1) is 0 Å². The monoisotopic (exact) mass is 168 g/mol. The molecule has 0 radical (unpaired) electrons. The lowest BCUT2D eigenvalue weighted by Gasteiger charge is -1.95. The molecule has 2 nitrogen and oxygen atoms in total. The van der Waals surface area contributed by atoms with Crippen LogP contribution < -0.4 is 0 Å². The van der Waals surface area contributed by atoms with Gasteiger partial charge >= 0.3 is 0 Å². The molecule has 0 atom stereocenters. The van der Waals surface area contributed by atoms with E-state index in [4.69, 9.17) is 0 Å². The van der Waals surface area contributed by atoms with Gasteiger partial charge in [-0.1, -0.05) is 27.2 Å². The summed E-state index contributed by atoms with van der Waals surface area (Å²) in [7, 11) is 2.03. The van der Waals surface area contributed by atoms with E-state index < -0.39 is 0 Å². The minimum absolute atomic E-state index is 1.09. The molecule has 0 aliphatic carbocycles. The summed E-state index contributed by atoms with van der Waals surface area (Å²) >= 11 is 0. The van der Waals surface area contributed by atoms with Crippen LogP contribution >= 0.6 is 0 Å². The van der Waals surface area contributed by atoms with Crippen molar-refractivity contribution in [2.45, 2.75) is 40.0 Å². The third-order valence-corrected chi connectivity index (χ3v) is 1.39. The van der Waals surface area contributed by atoms with Gasteiger partial charge in [0.15, 0.2) is 0 Å². The topological polar surface area (TPSA) is 17.8 Å². The zero-order chi connectivity index (χ0) is 9.40. The van der Waals surface area contributed by atoms with Gasteiger partial charge in [0.2, 0.25) is 0 Å². The van der Waals surface area contributed by atoms with E-state index in [1.165, 1.54) is 18.7 Å². The van der Waals surface area contributed by atoms with E-state index in [0.29, 0.717) is 0 Å². The van der Waals surface area contributed by atoms with Gasteiger partial charge in [0, 0.05) is 25.9 Å². The lowest BCUT2D eigenvalue weighted by molar-refractivity contribution is 0.759. The summed E-state index contributed by atoms with van der Waals surface area (Å²) in [5.41, 5.74) is 0. The molecule has 0 saturated carbocycles. The fraction of sp³-hybridized carbons (Fsp3) is 0.700. The molecule has 1 heterocycles. The Morgan fingerprint density at radius 3 is 2.25 bits per heavy atom. The van der Waals surface area contributed by atoms with Crippen molar-refractivity contribution >= 4 is 0 Å². The van der Waals surface area contributed by atoms with E-state index in [0.717, 1.165) is 6.42 Å². The van der Waals surface area contributed by atoms with Gasteiger partial charge < -0.3 is 4.57 Å². The van der Waals surface area contributed by atoms with Crippen LogP contribution in [-0.2, 0) is 13.5 Å². The Balaban J connectivity index is 0.000000354. The van der Waals surface area contributed by atoms with Crippen LogP contribution in [0.1, 0.15) is 39.4 Å². The largest absolute Gasteiger partial charge is 0.338 e. The summed E-state index contributed by atoms with van der Waals surface area (Å²) in [4.78, 5) is 4.17. The molecule has 1 rings (SSSR count). The van der Waals surface area contributed by atoms with Crippen LogP contribution in [-0.4, -0.2) is 9.55 Å². The molecule has 70 valence electrons. The molecule has 2 heteroatoms. The molecule has 0 amide bonds. The number of nitrogens with zero attached hydrogens (tertiary/aromatic N) is 2. The maximum Gasteiger partial charge on any atom is 0.108 e. The smallest absolute Gasteiger partial charge is 0.108 e. The first-order valence-electron chi connectivity index (χ1n) is 4.72. The molecule has 0 bridgehead atoms. The predicted octanol–water partition coefficient (Wildman–Crippen LogP) is 2.79. The molecule has 1 aromatic heterocycles. The predicted molar refractivity (Wildman–Crippen MR) is 53.2 cm³/mol. The van der Waals surface area contributed by atoms with Crippen LogP contribution in [0, 0.1) is 0 Å². The average Bonchev–Trinajstić information content (AvgIpc) is 2.39. The molecule has 0 aromatic carbocycles. The van der Waals surface area contributed by atoms with Crippen molar-refractivity contribution in [3.05, 3.63) is 18.2 Å². The van der Waals surface area contributed by atoms with Crippen molar-refractivity contribution in [3.63, 3.8) is 0 Å². The summed E-state index contributed by atoms with van der Waals surface area (Å²) in [6.07, 6.45) is 7.32. The van der Waals surface area contributed by atoms with Crippen molar-refractivity contribution in [2.24, 2.45) is 7.05 Å². The summed E-state index contributed by atoms with van der Waals surface area (Å²) in [6, 6.07) is 0. The Bertz CT molecular complexity index is 191. The first-order valence-corrected chi connectivity index (χ1v) is 4.72. The molecule has 0 spiro atoms. The van der Waals surface area contributed by atoms with E-state index >= 15 is 0 Å². The van der Waals surface area contributed by atoms with E-state index in [2.05, 4.69) is 30.3 Å². The van der Waals surface area contributed by atoms with Gasteiger partial charge in [-0.15, -0.1) is 0 Å². The van der Waals surface area contributed by atoms with Gasteiger partial charge in [0.1, 0.15) is 5.82 Å². The van der Waals surface area contributed by atoms with Crippen molar-refractivity contribution < 1.29 is 0 Å². The van der Waals surface area contributed by atoms with Crippen molar-refractivity contribution in [1.82, 2.24) is 9.55 Å². The van der Waals surface area contributed by atoms with Crippen LogP contribution in [0.3, 0.4) is 0 Å². The molecule has 0 aliphatic heterocycles. The maximum absolute atomic E-state index is 4.17. The molecular formula is C10H20N2. The van der Waals surface area contributed by atoms with Gasteiger partial charge in [-0.05, 0) is 6.42 Å². The van der Waals surface area contributed by atoms with Crippen LogP contribution in [0.2, 0.25) is 0 Å². The third-order valence-electron chi connectivity index (χ3n) is 1.39. The zero-order valence-corrected chi connectivity index (χ0v) is 8.67. The van der Waals surface area contributed by atoms with Crippen molar-refractivity contribution in [3.8, 4) is 0 Å². The Kier molecular flexibility index (Phi) is 6.44. The lowest BCUT2D eigenvalue weighted by Crippen LogP contribution is -1.95. The van der Waals surface area contributed by atoms with E-state index in [1.54, 1.807) is 0 Å².